The molecule has 0 spiro atoms. The van der Waals surface area contributed by atoms with Crippen molar-refractivity contribution in [2.45, 2.75) is 20.3 Å². The molecule has 94 valence electrons. The van der Waals surface area contributed by atoms with Crippen molar-refractivity contribution < 1.29 is 9.90 Å². The average molecular weight is 236 g/mol. The number of rotatable bonds is 4. The van der Waals surface area contributed by atoms with Crippen LogP contribution in [0.1, 0.15) is 30.6 Å². The zero-order valence-corrected chi connectivity index (χ0v) is 10.6. The van der Waals surface area contributed by atoms with E-state index in [2.05, 4.69) is 13.8 Å². The maximum Gasteiger partial charge on any atom is 0.257 e. The lowest BCUT2D eigenvalue weighted by atomic mass is 10.1. The van der Waals surface area contributed by atoms with Gasteiger partial charge in [-0.1, -0.05) is 19.9 Å². The van der Waals surface area contributed by atoms with Crippen molar-refractivity contribution in [3.05, 3.63) is 23.8 Å². The Hall–Kier alpha value is -1.71. The van der Waals surface area contributed by atoms with Crippen LogP contribution in [-0.2, 0) is 0 Å². The molecule has 4 heteroatoms. The second kappa shape index (κ2) is 5.57. The topological polar surface area (TPSA) is 66.6 Å². The van der Waals surface area contributed by atoms with Crippen LogP contribution in [0, 0.1) is 5.92 Å². The monoisotopic (exact) mass is 236 g/mol. The summed E-state index contributed by atoms with van der Waals surface area (Å²) < 4.78 is 0. The van der Waals surface area contributed by atoms with Gasteiger partial charge in [0, 0.05) is 13.6 Å². The standard InChI is InChI=1S/C13H20N2O2/c1-9(2)7-8-15(3)13(17)10-5-4-6-11(14)12(10)16/h4-6,9,16H,7-8,14H2,1-3H3. The van der Waals surface area contributed by atoms with Gasteiger partial charge in [0.25, 0.3) is 5.91 Å². The molecule has 0 heterocycles. The van der Waals surface area contributed by atoms with Crippen LogP contribution in [0.3, 0.4) is 0 Å². The minimum absolute atomic E-state index is 0.131. The quantitative estimate of drug-likeness (QED) is 0.621. The third kappa shape index (κ3) is 3.37. The maximum atomic E-state index is 12.0. The molecule has 3 N–H and O–H groups in total. The molecule has 0 bridgehead atoms. The van der Waals surface area contributed by atoms with Gasteiger partial charge in [0.15, 0.2) is 5.75 Å². The van der Waals surface area contributed by atoms with E-state index in [-0.39, 0.29) is 22.9 Å². The third-order valence-electron chi connectivity index (χ3n) is 2.69. The van der Waals surface area contributed by atoms with Crippen LogP contribution in [0.2, 0.25) is 0 Å². The Morgan fingerprint density at radius 2 is 2.12 bits per heavy atom. The van der Waals surface area contributed by atoms with Gasteiger partial charge in [0.05, 0.1) is 11.3 Å². The number of aromatic hydroxyl groups is 1. The van der Waals surface area contributed by atoms with E-state index >= 15 is 0 Å². The summed E-state index contributed by atoms with van der Waals surface area (Å²) in [6.07, 6.45) is 0.936. The van der Waals surface area contributed by atoms with Crippen LogP contribution in [0.4, 0.5) is 5.69 Å². The van der Waals surface area contributed by atoms with Gasteiger partial charge in [-0.15, -0.1) is 0 Å². The molecule has 0 fully saturated rings. The average Bonchev–Trinajstić information content (AvgIpc) is 2.28. The number of hydrogen-bond donors (Lipinski definition) is 2. The number of phenolic OH excluding ortho intramolecular Hbond substituents is 1. The minimum Gasteiger partial charge on any atom is -0.505 e. The molecule has 0 aliphatic carbocycles. The highest BCUT2D eigenvalue weighted by Gasteiger charge is 2.16. The Balaban J connectivity index is 2.78. The second-order valence-corrected chi connectivity index (χ2v) is 4.65. The van der Waals surface area contributed by atoms with Crippen LogP contribution in [0.25, 0.3) is 0 Å². The Bertz CT molecular complexity index is 402. The zero-order chi connectivity index (χ0) is 13.0. The molecule has 0 aliphatic rings. The van der Waals surface area contributed by atoms with E-state index in [1.165, 1.54) is 0 Å². The van der Waals surface area contributed by atoms with E-state index in [1.807, 2.05) is 0 Å². The first-order chi connectivity index (χ1) is 7.93. The lowest BCUT2D eigenvalue weighted by molar-refractivity contribution is 0.0786. The molecule has 0 aromatic heterocycles. The lowest BCUT2D eigenvalue weighted by Crippen LogP contribution is -2.28. The maximum absolute atomic E-state index is 12.0. The summed E-state index contributed by atoms with van der Waals surface area (Å²) in [7, 11) is 1.73. The summed E-state index contributed by atoms with van der Waals surface area (Å²) in [6.45, 7) is 4.89. The van der Waals surface area contributed by atoms with Crippen molar-refractivity contribution in [2.75, 3.05) is 19.3 Å². The van der Waals surface area contributed by atoms with Crippen molar-refractivity contribution in [1.82, 2.24) is 4.90 Å². The number of benzene rings is 1. The summed E-state index contributed by atoms with van der Waals surface area (Å²) >= 11 is 0. The molecular weight excluding hydrogens is 216 g/mol. The molecule has 1 aromatic rings. The van der Waals surface area contributed by atoms with Crippen LogP contribution >= 0.6 is 0 Å². The Kier molecular flexibility index (Phi) is 4.37. The number of hydrogen-bond acceptors (Lipinski definition) is 3. The largest absolute Gasteiger partial charge is 0.505 e. The number of nitrogens with two attached hydrogens (primary N) is 1. The van der Waals surface area contributed by atoms with Crippen molar-refractivity contribution in [3.8, 4) is 5.75 Å². The summed E-state index contributed by atoms with van der Waals surface area (Å²) in [5, 5.41) is 9.72. The van der Waals surface area contributed by atoms with Gasteiger partial charge in [0.1, 0.15) is 0 Å². The van der Waals surface area contributed by atoms with E-state index in [4.69, 9.17) is 5.73 Å². The number of nitrogens with zero attached hydrogens (tertiary/aromatic N) is 1. The first-order valence-electron chi connectivity index (χ1n) is 5.76. The van der Waals surface area contributed by atoms with E-state index in [0.29, 0.717) is 12.5 Å². The Labute approximate surface area is 102 Å². The van der Waals surface area contributed by atoms with E-state index in [0.717, 1.165) is 6.42 Å². The second-order valence-electron chi connectivity index (χ2n) is 4.65. The summed E-state index contributed by atoms with van der Waals surface area (Å²) in [6, 6.07) is 4.82. The van der Waals surface area contributed by atoms with Crippen LogP contribution in [0.15, 0.2) is 18.2 Å². The first-order valence-corrected chi connectivity index (χ1v) is 5.76. The van der Waals surface area contributed by atoms with Crippen LogP contribution in [0.5, 0.6) is 5.75 Å². The highest BCUT2D eigenvalue weighted by Crippen LogP contribution is 2.25. The van der Waals surface area contributed by atoms with E-state index < -0.39 is 0 Å². The number of carbonyl (C=O) groups excluding carboxylic acids is 1. The summed E-state index contributed by atoms with van der Waals surface area (Å²) in [4.78, 5) is 13.6. The van der Waals surface area contributed by atoms with Gasteiger partial charge in [-0.25, -0.2) is 0 Å². The SMILES string of the molecule is CC(C)CCN(C)C(=O)c1cccc(N)c1O. The Morgan fingerprint density at radius 3 is 2.71 bits per heavy atom. The molecule has 0 aliphatic heterocycles. The fourth-order valence-electron chi connectivity index (χ4n) is 1.49. The molecule has 0 saturated heterocycles. The summed E-state index contributed by atoms with van der Waals surface area (Å²) in [5.74, 6) is 0.212. The number of phenols is 1. The number of anilines is 1. The summed E-state index contributed by atoms with van der Waals surface area (Å²) in [5.41, 5.74) is 6.05. The van der Waals surface area contributed by atoms with Crippen molar-refractivity contribution >= 4 is 11.6 Å². The first kappa shape index (κ1) is 13.4. The van der Waals surface area contributed by atoms with E-state index in [9.17, 15) is 9.90 Å². The van der Waals surface area contributed by atoms with Gasteiger partial charge in [0.2, 0.25) is 0 Å². The molecule has 0 radical (unpaired) electrons. The normalized spacial score (nSPS) is 10.6. The number of nitrogen functional groups attached to an aromatic ring is 1. The highest BCUT2D eigenvalue weighted by atomic mass is 16.3. The molecular formula is C13H20N2O2. The van der Waals surface area contributed by atoms with Gasteiger partial charge in [-0.3, -0.25) is 4.79 Å². The van der Waals surface area contributed by atoms with Gasteiger partial charge in [-0.05, 0) is 24.5 Å². The third-order valence-corrected chi connectivity index (χ3v) is 2.69. The lowest BCUT2D eigenvalue weighted by Gasteiger charge is -2.19. The fraction of sp³-hybridized carbons (Fsp3) is 0.462. The van der Waals surface area contributed by atoms with Gasteiger partial charge >= 0.3 is 0 Å². The molecule has 4 nitrogen and oxygen atoms in total. The molecule has 1 amide bonds. The smallest absolute Gasteiger partial charge is 0.257 e. The predicted octanol–water partition coefficient (Wildman–Crippen LogP) is 2.09. The molecule has 1 aromatic carbocycles. The number of carbonyl (C=O) groups is 1. The van der Waals surface area contributed by atoms with Crippen molar-refractivity contribution in [3.63, 3.8) is 0 Å². The zero-order valence-electron chi connectivity index (χ0n) is 10.6. The van der Waals surface area contributed by atoms with Gasteiger partial charge in [-0.2, -0.15) is 0 Å². The van der Waals surface area contributed by atoms with Crippen LogP contribution in [-0.4, -0.2) is 29.5 Å². The van der Waals surface area contributed by atoms with E-state index in [1.54, 1.807) is 30.1 Å². The molecule has 1 rings (SSSR count). The number of amides is 1. The van der Waals surface area contributed by atoms with Gasteiger partial charge < -0.3 is 15.7 Å². The number of para-hydroxylation sites is 1. The van der Waals surface area contributed by atoms with Crippen molar-refractivity contribution in [2.24, 2.45) is 5.92 Å². The highest BCUT2D eigenvalue weighted by molar-refractivity contribution is 5.98. The van der Waals surface area contributed by atoms with Crippen molar-refractivity contribution in [1.29, 1.82) is 0 Å². The Morgan fingerprint density at radius 1 is 1.47 bits per heavy atom. The molecule has 0 unspecified atom stereocenters. The minimum atomic E-state index is -0.199. The predicted molar refractivity (Wildman–Crippen MR) is 68.9 cm³/mol. The molecule has 0 saturated carbocycles. The molecule has 0 atom stereocenters. The molecule has 17 heavy (non-hydrogen) atoms. The fourth-order valence-corrected chi connectivity index (χ4v) is 1.49. The van der Waals surface area contributed by atoms with Crippen LogP contribution < -0.4 is 5.73 Å².